The lowest BCUT2D eigenvalue weighted by molar-refractivity contribution is 0.0827. The zero-order valence-corrected chi connectivity index (χ0v) is 19.9. The second-order valence-electron chi connectivity index (χ2n) is 7.77. The average molecular weight is 478 g/mol. The Morgan fingerprint density at radius 2 is 1.94 bits per heavy atom. The summed E-state index contributed by atoms with van der Waals surface area (Å²) in [4.78, 5) is 16.6. The second-order valence-corrected chi connectivity index (χ2v) is 10.0. The highest BCUT2D eigenvalue weighted by molar-refractivity contribution is 7.90. The fourth-order valence-electron chi connectivity index (χ4n) is 3.69. The van der Waals surface area contributed by atoms with Crippen LogP contribution in [0, 0.1) is 6.92 Å². The van der Waals surface area contributed by atoms with Gasteiger partial charge in [0.25, 0.3) is 5.91 Å². The van der Waals surface area contributed by atoms with Gasteiger partial charge in [0.15, 0.2) is 9.84 Å². The van der Waals surface area contributed by atoms with Crippen LogP contribution in [0.15, 0.2) is 59.3 Å². The molecular formula is C23H25ClFN3O3S. The Kier molecular flexibility index (Phi) is 7.07. The predicted molar refractivity (Wildman–Crippen MR) is 126 cm³/mol. The normalized spacial score (nSPS) is 12.4. The lowest BCUT2D eigenvalue weighted by atomic mass is 10.0. The Morgan fingerprint density at radius 3 is 2.56 bits per heavy atom. The quantitative estimate of drug-likeness (QED) is 0.514. The minimum Gasteiger partial charge on any atom is -0.345 e. The van der Waals surface area contributed by atoms with Gasteiger partial charge in [-0.2, -0.15) is 0 Å². The van der Waals surface area contributed by atoms with E-state index in [0.717, 1.165) is 28.4 Å². The second kappa shape index (κ2) is 9.44. The van der Waals surface area contributed by atoms with Gasteiger partial charge in [-0.3, -0.25) is 4.79 Å². The molecule has 0 aliphatic carbocycles. The van der Waals surface area contributed by atoms with Crippen LogP contribution in [-0.4, -0.2) is 50.7 Å². The maximum absolute atomic E-state index is 14.5. The van der Waals surface area contributed by atoms with E-state index in [0.29, 0.717) is 11.1 Å². The van der Waals surface area contributed by atoms with Crippen molar-refractivity contribution < 1.29 is 17.6 Å². The lowest BCUT2D eigenvalue weighted by Crippen LogP contribution is -2.21. The Bertz CT molecular complexity index is 1310. The van der Waals surface area contributed by atoms with E-state index in [1.165, 1.54) is 17.0 Å². The molecule has 1 N–H and O–H groups in total. The highest BCUT2D eigenvalue weighted by Gasteiger charge is 2.20. The number of sulfone groups is 1. The molecule has 6 nitrogen and oxygen atoms in total. The first kappa shape index (κ1) is 24.0. The average Bonchev–Trinajstić information content (AvgIpc) is 3.01. The topological polar surface area (TPSA) is 71.4 Å². The molecule has 9 heteroatoms. The third-order valence-corrected chi connectivity index (χ3v) is 6.50. The van der Waals surface area contributed by atoms with Gasteiger partial charge in [0.1, 0.15) is 5.83 Å². The number of hydrogen-bond donors (Lipinski definition) is 1. The molecule has 0 radical (unpaired) electrons. The Balaban J connectivity index is 2.29. The van der Waals surface area contributed by atoms with Crippen molar-refractivity contribution >= 4 is 38.4 Å². The third kappa shape index (κ3) is 4.87. The van der Waals surface area contributed by atoms with Gasteiger partial charge in [0, 0.05) is 54.6 Å². The minimum atomic E-state index is -3.41. The number of carbonyl (C=O) groups is 1. The van der Waals surface area contributed by atoms with Gasteiger partial charge in [0.05, 0.1) is 11.4 Å². The van der Waals surface area contributed by atoms with Crippen LogP contribution in [0.4, 0.5) is 4.39 Å². The van der Waals surface area contributed by atoms with Crippen molar-refractivity contribution in [1.29, 1.82) is 0 Å². The molecule has 0 saturated heterocycles. The van der Waals surface area contributed by atoms with Gasteiger partial charge in [-0.15, -0.1) is 0 Å². The van der Waals surface area contributed by atoms with Crippen molar-refractivity contribution in [3.63, 3.8) is 0 Å². The van der Waals surface area contributed by atoms with E-state index in [-0.39, 0.29) is 29.7 Å². The Morgan fingerprint density at radius 1 is 1.22 bits per heavy atom. The maximum atomic E-state index is 14.5. The summed E-state index contributed by atoms with van der Waals surface area (Å²) in [6.07, 6.45) is 2.51. The molecule has 0 unspecified atom stereocenters. The highest BCUT2D eigenvalue weighted by atomic mass is 35.5. The van der Waals surface area contributed by atoms with Gasteiger partial charge in [-0.1, -0.05) is 12.1 Å². The van der Waals surface area contributed by atoms with E-state index >= 15 is 0 Å². The molecule has 1 aromatic heterocycles. The first-order chi connectivity index (χ1) is 15.0. The summed E-state index contributed by atoms with van der Waals surface area (Å²) in [6, 6.07) is 11.9. The number of nitrogens with zero attached hydrogens (tertiary/aromatic N) is 2. The van der Waals surface area contributed by atoms with Crippen LogP contribution in [0.1, 0.15) is 16.1 Å². The van der Waals surface area contributed by atoms with Crippen LogP contribution in [0.5, 0.6) is 0 Å². The fourth-order valence-corrected chi connectivity index (χ4v) is 4.43. The van der Waals surface area contributed by atoms with Gasteiger partial charge in [-0.05, 0) is 60.7 Å². The SMILES string of the molecule is Cc1c(-c2cccc(S(C)(=O)=O)c2)c2cc(C(=O)N(C)C)ccc2n1C/C(F)=C/CNCl. The van der Waals surface area contributed by atoms with Crippen molar-refractivity contribution in [3.8, 4) is 11.1 Å². The molecule has 0 fully saturated rings. The molecule has 0 aliphatic rings. The largest absolute Gasteiger partial charge is 0.345 e. The number of rotatable bonds is 7. The number of carbonyl (C=O) groups excluding carboxylic acids is 1. The highest BCUT2D eigenvalue weighted by Crippen LogP contribution is 2.36. The summed E-state index contributed by atoms with van der Waals surface area (Å²) in [5.74, 6) is -0.532. The first-order valence-electron chi connectivity index (χ1n) is 9.87. The minimum absolute atomic E-state index is 0.0202. The van der Waals surface area contributed by atoms with Crippen LogP contribution in [0.2, 0.25) is 0 Å². The molecule has 0 saturated carbocycles. The zero-order chi connectivity index (χ0) is 23.6. The molecule has 170 valence electrons. The third-order valence-electron chi connectivity index (χ3n) is 5.24. The molecule has 0 atom stereocenters. The van der Waals surface area contributed by atoms with Gasteiger partial charge in [-0.25, -0.2) is 17.6 Å². The molecule has 0 aliphatic heterocycles. The smallest absolute Gasteiger partial charge is 0.253 e. The molecule has 3 aromatic rings. The van der Waals surface area contributed by atoms with E-state index in [9.17, 15) is 17.6 Å². The van der Waals surface area contributed by atoms with E-state index in [1.54, 1.807) is 44.4 Å². The van der Waals surface area contributed by atoms with Crippen molar-refractivity contribution in [2.24, 2.45) is 0 Å². The van der Waals surface area contributed by atoms with Crippen molar-refractivity contribution in [1.82, 2.24) is 14.3 Å². The number of nitrogens with one attached hydrogen (secondary N) is 1. The van der Waals surface area contributed by atoms with Crippen LogP contribution in [-0.2, 0) is 16.4 Å². The molecule has 1 amide bonds. The standard InChI is InChI=1S/C23H25ClFN3O3S/c1-15-22(16-6-5-7-19(12-16)32(4,30)31)20-13-17(23(29)27(2)3)8-9-21(20)28(15)14-18(25)10-11-26-24/h5-10,12-13,26H,11,14H2,1-4H3/b18-10-. The van der Waals surface area contributed by atoms with E-state index in [1.807, 2.05) is 17.6 Å². The van der Waals surface area contributed by atoms with Gasteiger partial charge < -0.3 is 9.47 Å². The van der Waals surface area contributed by atoms with Crippen LogP contribution < -0.4 is 4.84 Å². The number of halogens is 2. The predicted octanol–water partition coefficient (Wildman–Crippen LogP) is 4.32. The molecule has 3 rings (SSSR count). The first-order valence-corrected chi connectivity index (χ1v) is 12.1. The molecule has 0 spiro atoms. The van der Waals surface area contributed by atoms with Crippen LogP contribution in [0.3, 0.4) is 0 Å². The summed E-state index contributed by atoms with van der Waals surface area (Å²) in [5.41, 5.74) is 3.41. The number of amides is 1. The van der Waals surface area contributed by atoms with Crippen LogP contribution >= 0.6 is 11.8 Å². The summed E-state index contributed by atoms with van der Waals surface area (Å²) in [6.45, 7) is 2.01. The van der Waals surface area contributed by atoms with Gasteiger partial charge in [0.2, 0.25) is 0 Å². The van der Waals surface area contributed by atoms with E-state index < -0.39 is 9.84 Å². The molecule has 1 heterocycles. The Hall–Kier alpha value is -2.68. The van der Waals surface area contributed by atoms with Crippen molar-refractivity contribution in [2.75, 3.05) is 26.9 Å². The van der Waals surface area contributed by atoms with Crippen molar-refractivity contribution in [3.05, 3.63) is 65.6 Å². The summed E-state index contributed by atoms with van der Waals surface area (Å²) in [5, 5.41) is 0.740. The summed E-state index contributed by atoms with van der Waals surface area (Å²) in [7, 11) is -0.0686. The molecular weight excluding hydrogens is 453 g/mol. The maximum Gasteiger partial charge on any atom is 0.253 e. The number of fused-ring (bicyclic) bond motifs is 1. The van der Waals surface area contributed by atoms with Crippen molar-refractivity contribution in [2.45, 2.75) is 18.4 Å². The number of allylic oxidation sites excluding steroid dienone is 1. The molecule has 32 heavy (non-hydrogen) atoms. The molecule has 2 aromatic carbocycles. The fraction of sp³-hybridized carbons (Fsp3) is 0.261. The Labute approximate surface area is 192 Å². The number of benzene rings is 2. The van der Waals surface area contributed by atoms with E-state index in [4.69, 9.17) is 11.8 Å². The summed E-state index contributed by atoms with van der Waals surface area (Å²) >= 11 is 5.43. The number of aromatic nitrogens is 1. The monoisotopic (exact) mass is 477 g/mol. The van der Waals surface area contributed by atoms with Gasteiger partial charge >= 0.3 is 0 Å². The lowest BCUT2D eigenvalue weighted by Gasteiger charge is -2.11. The zero-order valence-electron chi connectivity index (χ0n) is 18.3. The summed E-state index contributed by atoms with van der Waals surface area (Å²) < 4.78 is 40.5. The van der Waals surface area contributed by atoms with Crippen LogP contribution in [0.25, 0.3) is 22.0 Å². The van der Waals surface area contributed by atoms with E-state index in [2.05, 4.69) is 4.84 Å². The number of hydrogen-bond acceptors (Lipinski definition) is 4. The molecule has 0 bridgehead atoms.